The van der Waals surface area contributed by atoms with E-state index >= 15 is 0 Å². The molecule has 0 saturated carbocycles. The summed E-state index contributed by atoms with van der Waals surface area (Å²) >= 11 is 6.10. The zero-order valence-electron chi connectivity index (χ0n) is 15.8. The molecule has 2 amide bonds. The first kappa shape index (κ1) is 21.6. The van der Waals surface area contributed by atoms with E-state index in [1.165, 1.54) is 12.1 Å². The zero-order valence-corrected chi connectivity index (χ0v) is 16.5. The van der Waals surface area contributed by atoms with Crippen molar-refractivity contribution in [3.8, 4) is 0 Å². The highest BCUT2D eigenvalue weighted by Gasteiger charge is 2.31. The Bertz CT molecular complexity index is 657. The van der Waals surface area contributed by atoms with Crippen molar-refractivity contribution in [2.24, 2.45) is 0 Å². The van der Waals surface area contributed by atoms with Crippen molar-refractivity contribution in [3.05, 3.63) is 34.6 Å². The average molecular weight is 400 g/mol. The molecule has 0 bridgehead atoms. The summed E-state index contributed by atoms with van der Waals surface area (Å²) in [6, 6.07) is 3.62. The summed E-state index contributed by atoms with van der Waals surface area (Å²) in [5.74, 6) is -0.771. The van der Waals surface area contributed by atoms with Crippen molar-refractivity contribution < 1.29 is 18.7 Å². The van der Waals surface area contributed by atoms with Crippen LogP contribution in [-0.4, -0.2) is 55.1 Å². The molecule has 1 aliphatic rings. The summed E-state index contributed by atoms with van der Waals surface area (Å²) in [6.07, 6.45) is 0.948. The fourth-order valence-electron chi connectivity index (χ4n) is 2.91. The molecule has 0 spiro atoms. The summed E-state index contributed by atoms with van der Waals surface area (Å²) in [5.41, 5.74) is 0.726. The lowest BCUT2D eigenvalue weighted by Gasteiger charge is -2.34. The Kier molecular flexibility index (Phi) is 8.47. The molecule has 0 aliphatic carbocycles. The van der Waals surface area contributed by atoms with Crippen LogP contribution in [0.5, 0.6) is 0 Å². The SMILES string of the molecule is CC(C)OCCCNC(=O)C[C@H]1C(=O)NCCN1Cc1ccc(F)cc1Cl. The van der Waals surface area contributed by atoms with Gasteiger partial charge in [0.05, 0.1) is 18.6 Å². The van der Waals surface area contributed by atoms with Crippen LogP contribution in [0.1, 0.15) is 32.3 Å². The third-order valence-corrected chi connectivity index (χ3v) is 4.66. The molecule has 0 aromatic heterocycles. The van der Waals surface area contributed by atoms with Crippen molar-refractivity contribution in [2.45, 2.75) is 45.4 Å². The quantitative estimate of drug-likeness (QED) is 0.624. The number of benzene rings is 1. The Balaban J connectivity index is 1.89. The second-order valence-electron chi connectivity index (χ2n) is 6.84. The molecule has 0 unspecified atom stereocenters. The molecule has 0 radical (unpaired) electrons. The van der Waals surface area contributed by atoms with E-state index in [1.807, 2.05) is 18.7 Å². The van der Waals surface area contributed by atoms with Gasteiger partial charge in [0.1, 0.15) is 5.82 Å². The number of carbonyl (C=O) groups excluding carboxylic acids is 2. The number of halogens is 2. The van der Waals surface area contributed by atoms with Gasteiger partial charge in [0, 0.05) is 37.8 Å². The number of hydrogen-bond donors (Lipinski definition) is 2. The van der Waals surface area contributed by atoms with Gasteiger partial charge in [0.15, 0.2) is 0 Å². The first-order chi connectivity index (χ1) is 12.9. The molecule has 1 atom stereocenters. The fourth-order valence-corrected chi connectivity index (χ4v) is 3.14. The lowest BCUT2D eigenvalue weighted by atomic mass is 10.1. The molecule has 2 N–H and O–H groups in total. The third kappa shape index (κ3) is 7.08. The van der Waals surface area contributed by atoms with E-state index in [0.717, 1.165) is 12.0 Å². The summed E-state index contributed by atoms with van der Waals surface area (Å²) in [5, 5.41) is 5.93. The Morgan fingerprint density at radius 1 is 1.48 bits per heavy atom. The molecule has 27 heavy (non-hydrogen) atoms. The molecular formula is C19H27ClFN3O3. The number of carbonyl (C=O) groups is 2. The number of amides is 2. The van der Waals surface area contributed by atoms with Crippen LogP contribution in [0.2, 0.25) is 5.02 Å². The normalized spacial score (nSPS) is 17.8. The monoisotopic (exact) mass is 399 g/mol. The minimum absolute atomic E-state index is 0.0652. The molecule has 6 nitrogen and oxygen atoms in total. The number of ether oxygens (including phenoxy) is 1. The lowest BCUT2D eigenvalue weighted by molar-refractivity contribution is -0.134. The van der Waals surface area contributed by atoms with Gasteiger partial charge in [-0.3, -0.25) is 14.5 Å². The molecule has 1 fully saturated rings. The number of hydrogen-bond acceptors (Lipinski definition) is 4. The second kappa shape index (κ2) is 10.6. The van der Waals surface area contributed by atoms with Gasteiger partial charge in [-0.05, 0) is 38.0 Å². The molecule has 2 rings (SSSR count). The summed E-state index contributed by atoms with van der Waals surface area (Å²) < 4.78 is 18.7. The predicted molar refractivity (Wildman–Crippen MR) is 102 cm³/mol. The Hall–Kier alpha value is -1.70. The standard InChI is InChI=1S/C19H27ClFN3O3/c1-13(2)27-9-3-6-22-18(25)11-17-19(26)23-7-8-24(17)12-14-4-5-15(21)10-16(14)20/h4-5,10,13,17H,3,6-9,11-12H2,1-2H3,(H,22,25)(H,23,26)/t17-/m0/s1. The predicted octanol–water partition coefficient (Wildman–Crippen LogP) is 2.10. The van der Waals surface area contributed by atoms with Crippen LogP contribution in [-0.2, 0) is 20.9 Å². The van der Waals surface area contributed by atoms with Crippen LogP contribution >= 0.6 is 11.6 Å². The number of nitrogens with zero attached hydrogens (tertiary/aromatic N) is 1. The van der Waals surface area contributed by atoms with Gasteiger partial charge in [-0.25, -0.2) is 4.39 Å². The number of piperazine rings is 1. The first-order valence-electron chi connectivity index (χ1n) is 9.21. The van der Waals surface area contributed by atoms with Crippen molar-refractivity contribution in [2.75, 3.05) is 26.2 Å². The zero-order chi connectivity index (χ0) is 19.8. The largest absolute Gasteiger partial charge is 0.379 e. The van der Waals surface area contributed by atoms with Crippen LogP contribution in [0.4, 0.5) is 4.39 Å². The van der Waals surface area contributed by atoms with Crippen LogP contribution in [0.15, 0.2) is 18.2 Å². The highest BCUT2D eigenvalue weighted by molar-refractivity contribution is 6.31. The smallest absolute Gasteiger partial charge is 0.237 e. The molecule has 1 aromatic carbocycles. The molecule has 1 aliphatic heterocycles. The molecule has 1 saturated heterocycles. The highest BCUT2D eigenvalue weighted by atomic mass is 35.5. The van der Waals surface area contributed by atoms with E-state index in [0.29, 0.717) is 37.8 Å². The number of nitrogens with one attached hydrogen (secondary N) is 2. The molecule has 1 heterocycles. The second-order valence-corrected chi connectivity index (χ2v) is 7.25. The summed E-state index contributed by atoms with van der Waals surface area (Å²) in [4.78, 5) is 26.4. The van der Waals surface area contributed by atoms with Gasteiger partial charge in [-0.1, -0.05) is 17.7 Å². The Morgan fingerprint density at radius 3 is 2.96 bits per heavy atom. The van der Waals surface area contributed by atoms with E-state index < -0.39 is 11.9 Å². The van der Waals surface area contributed by atoms with Crippen molar-refractivity contribution in [1.29, 1.82) is 0 Å². The fraction of sp³-hybridized carbons (Fsp3) is 0.579. The van der Waals surface area contributed by atoms with Crippen LogP contribution < -0.4 is 10.6 Å². The number of rotatable bonds is 9. The van der Waals surface area contributed by atoms with Crippen LogP contribution in [0.25, 0.3) is 0 Å². The van der Waals surface area contributed by atoms with E-state index in [9.17, 15) is 14.0 Å². The van der Waals surface area contributed by atoms with E-state index in [2.05, 4.69) is 10.6 Å². The van der Waals surface area contributed by atoms with Gasteiger partial charge in [0.2, 0.25) is 11.8 Å². The van der Waals surface area contributed by atoms with E-state index in [-0.39, 0.29) is 24.3 Å². The maximum absolute atomic E-state index is 13.2. The van der Waals surface area contributed by atoms with Crippen molar-refractivity contribution >= 4 is 23.4 Å². The Morgan fingerprint density at radius 2 is 2.26 bits per heavy atom. The van der Waals surface area contributed by atoms with Gasteiger partial charge >= 0.3 is 0 Å². The topological polar surface area (TPSA) is 70.7 Å². The lowest BCUT2D eigenvalue weighted by Crippen LogP contribution is -2.56. The summed E-state index contributed by atoms with van der Waals surface area (Å²) in [7, 11) is 0. The molecule has 1 aromatic rings. The molecule has 8 heteroatoms. The minimum atomic E-state index is -0.577. The van der Waals surface area contributed by atoms with E-state index in [4.69, 9.17) is 16.3 Å². The van der Waals surface area contributed by atoms with Crippen LogP contribution in [0.3, 0.4) is 0 Å². The van der Waals surface area contributed by atoms with Gasteiger partial charge in [0.25, 0.3) is 0 Å². The first-order valence-corrected chi connectivity index (χ1v) is 9.58. The van der Waals surface area contributed by atoms with Gasteiger partial charge in [-0.2, -0.15) is 0 Å². The van der Waals surface area contributed by atoms with Gasteiger partial charge in [-0.15, -0.1) is 0 Å². The average Bonchev–Trinajstić information content (AvgIpc) is 2.59. The van der Waals surface area contributed by atoms with Crippen molar-refractivity contribution in [3.63, 3.8) is 0 Å². The van der Waals surface area contributed by atoms with Crippen LogP contribution in [0, 0.1) is 5.82 Å². The van der Waals surface area contributed by atoms with Gasteiger partial charge < -0.3 is 15.4 Å². The molecule has 150 valence electrons. The summed E-state index contributed by atoms with van der Waals surface area (Å²) in [6.45, 7) is 6.49. The highest BCUT2D eigenvalue weighted by Crippen LogP contribution is 2.21. The minimum Gasteiger partial charge on any atom is -0.379 e. The maximum atomic E-state index is 13.2. The maximum Gasteiger partial charge on any atom is 0.237 e. The van der Waals surface area contributed by atoms with E-state index in [1.54, 1.807) is 6.07 Å². The molecular weight excluding hydrogens is 373 g/mol. The Labute approximate surface area is 164 Å². The van der Waals surface area contributed by atoms with Crippen molar-refractivity contribution in [1.82, 2.24) is 15.5 Å². The third-order valence-electron chi connectivity index (χ3n) is 4.30.